The summed E-state index contributed by atoms with van der Waals surface area (Å²) in [6, 6.07) is 9.55. The van der Waals surface area contributed by atoms with E-state index in [1.807, 2.05) is 36.1 Å². The molecule has 3 heterocycles. The van der Waals surface area contributed by atoms with Crippen molar-refractivity contribution in [3.8, 4) is 0 Å². The number of piperidine rings is 1. The molecule has 1 aliphatic rings. The number of carbonyl (C=O) groups excluding carboxylic acids is 2. The third kappa shape index (κ3) is 4.13. The quantitative estimate of drug-likeness (QED) is 0.700. The zero-order valence-electron chi connectivity index (χ0n) is 16.5. The molecule has 2 amide bonds. The molecule has 0 spiro atoms. The Morgan fingerprint density at radius 3 is 2.97 bits per heavy atom. The average Bonchev–Trinajstić information content (AvgIpc) is 3.19. The van der Waals surface area contributed by atoms with Crippen LogP contribution in [0.15, 0.2) is 42.7 Å². The van der Waals surface area contributed by atoms with Gasteiger partial charge in [0.2, 0.25) is 0 Å². The van der Waals surface area contributed by atoms with Gasteiger partial charge in [0.25, 0.3) is 11.8 Å². The van der Waals surface area contributed by atoms with Gasteiger partial charge in [-0.1, -0.05) is 18.2 Å². The number of hydrogen-bond donors (Lipinski definition) is 2. The van der Waals surface area contributed by atoms with Gasteiger partial charge in [-0.3, -0.25) is 19.7 Å². The number of nitrogens with one attached hydrogen (secondary N) is 2. The van der Waals surface area contributed by atoms with E-state index in [-0.39, 0.29) is 11.8 Å². The topological polar surface area (TPSA) is 91.0 Å². The molecule has 3 aromatic rings. The number of carbonyl (C=O) groups is 2. The Bertz CT molecular complexity index is 1020. The molecule has 1 atom stereocenters. The van der Waals surface area contributed by atoms with Crippen LogP contribution >= 0.6 is 0 Å². The largest absolute Gasteiger partial charge is 0.351 e. The van der Waals surface area contributed by atoms with Crippen molar-refractivity contribution in [1.29, 1.82) is 0 Å². The molecule has 1 saturated heterocycles. The van der Waals surface area contributed by atoms with E-state index in [0.717, 1.165) is 42.3 Å². The first kappa shape index (κ1) is 19.1. The lowest BCUT2D eigenvalue weighted by molar-refractivity contribution is 0.0667. The van der Waals surface area contributed by atoms with Crippen LogP contribution in [-0.4, -0.2) is 51.5 Å². The number of nitrogens with zero attached hydrogens (tertiary/aromatic N) is 3. The first-order valence-corrected chi connectivity index (χ1v) is 10.0. The minimum absolute atomic E-state index is 0.0606. The molecule has 4 rings (SSSR count). The fourth-order valence-electron chi connectivity index (χ4n) is 3.99. The molecule has 1 aromatic carbocycles. The molecule has 2 N–H and O–H groups in total. The second-order valence-electron chi connectivity index (χ2n) is 7.61. The van der Waals surface area contributed by atoms with E-state index >= 15 is 0 Å². The molecule has 29 heavy (non-hydrogen) atoms. The first-order valence-electron chi connectivity index (χ1n) is 10.0. The van der Waals surface area contributed by atoms with Crippen LogP contribution in [0.25, 0.3) is 10.9 Å². The van der Waals surface area contributed by atoms with Crippen molar-refractivity contribution in [2.45, 2.75) is 26.2 Å². The van der Waals surface area contributed by atoms with Crippen molar-refractivity contribution in [2.75, 3.05) is 19.6 Å². The molecular formula is C22H25N5O2. The van der Waals surface area contributed by atoms with E-state index in [0.29, 0.717) is 30.3 Å². The standard InChI is InChI=1S/C22H25N5O2/c1-15-13-25-26-20(15)21(28)24-10-8-16-5-4-12-27(14-16)22(29)18-9-11-23-19-7-3-2-6-17(18)19/h2-3,6-7,9,11,13,16H,4-5,8,10,12,14H2,1H3,(H,24,28)(H,25,26). The maximum absolute atomic E-state index is 13.2. The molecule has 1 fully saturated rings. The zero-order valence-corrected chi connectivity index (χ0v) is 16.5. The lowest BCUT2D eigenvalue weighted by Gasteiger charge is -2.33. The molecule has 0 aliphatic carbocycles. The van der Waals surface area contributed by atoms with Crippen molar-refractivity contribution < 1.29 is 9.59 Å². The van der Waals surface area contributed by atoms with Crippen LogP contribution in [0.5, 0.6) is 0 Å². The van der Waals surface area contributed by atoms with Gasteiger partial charge in [0.05, 0.1) is 17.3 Å². The maximum Gasteiger partial charge on any atom is 0.269 e. The molecule has 150 valence electrons. The normalized spacial score (nSPS) is 16.7. The lowest BCUT2D eigenvalue weighted by Crippen LogP contribution is -2.41. The van der Waals surface area contributed by atoms with Gasteiger partial charge in [-0.2, -0.15) is 5.10 Å². The Labute approximate surface area is 169 Å². The minimum Gasteiger partial charge on any atom is -0.351 e. The maximum atomic E-state index is 13.2. The Morgan fingerprint density at radius 2 is 2.14 bits per heavy atom. The Kier molecular flexibility index (Phi) is 5.55. The van der Waals surface area contributed by atoms with E-state index in [1.54, 1.807) is 18.5 Å². The highest BCUT2D eigenvalue weighted by atomic mass is 16.2. The van der Waals surface area contributed by atoms with Gasteiger partial charge in [0.1, 0.15) is 5.69 Å². The predicted octanol–water partition coefficient (Wildman–Crippen LogP) is 2.94. The summed E-state index contributed by atoms with van der Waals surface area (Å²) in [5.41, 5.74) is 2.89. The number of aromatic nitrogens is 3. The van der Waals surface area contributed by atoms with E-state index in [9.17, 15) is 9.59 Å². The van der Waals surface area contributed by atoms with Gasteiger partial charge in [0, 0.05) is 31.2 Å². The van der Waals surface area contributed by atoms with E-state index in [2.05, 4.69) is 20.5 Å². The SMILES string of the molecule is Cc1cn[nH]c1C(=O)NCCC1CCCN(C(=O)c2ccnc3ccccc23)C1. The lowest BCUT2D eigenvalue weighted by atomic mass is 9.94. The zero-order chi connectivity index (χ0) is 20.2. The summed E-state index contributed by atoms with van der Waals surface area (Å²) in [6.07, 6.45) is 6.24. The van der Waals surface area contributed by atoms with Crippen molar-refractivity contribution >= 4 is 22.7 Å². The Hall–Kier alpha value is -3.22. The van der Waals surface area contributed by atoms with Crippen LogP contribution in [0.3, 0.4) is 0 Å². The summed E-state index contributed by atoms with van der Waals surface area (Å²) in [5.74, 6) is 0.307. The number of pyridine rings is 1. The predicted molar refractivity (Wildman–Crippen MR) is 111 cm³/mol. The molecule has 7 heteroatoms. The van der Waals surface area contributed by atoms with E-state index in [4.69, 9.17) is 0 Å². The third-order valence-electron chi connectivity index (χ3n) is 5.58. The molecule has 1 aliphatic heterocycles. The summed E-state index contributed by atoms with van der Waals surface area (Å²) < 4.78 is 0. The molecule has 7 nitrogen and oxygen atoms in total. The van der Waals surface area contributed by atoms with Crippen molar-refractivity contribution in [3.05, 3.63) is 59.5 Å². The first-order chi connectivity index (χ1) is 14.1. The molecule has 2 aromatic heterocycles. The Balaban J connectivity index is 1.36. The molecule has 0 radical (unpaired) electrons. The third-order valence-corrected chi connectivity index (χ3v) is 5.58. The van der Waals surface area contributed by atoms with Crippen molar-refractivity contribution in [3.63, 3.8) is 0 Å². The van der Waals surface area contributed by atoms with Crippen molar-refractivity contribution in [2.24, 2.45) is 5.92 Å². The number of amides is 2. The number of H-pyrrole nitrogens is 1. The summed E-state index contributed by atoms with van der Waals surface area (Å²) in [6.45, 7) is 3.92. The van der Waals surface area contributed by atoms with Gasteiger partial charge in [-0.05, 0) is 49.8 Å². The van der Waals surface area contributed by atoms with Crippen LogP contribution in [0.4, 0.5) is 0 Å². The number of aryl methyl sites for hydroxylation is 1. The minimum atomic E-state index is -0.132. The second-order valence-corrected chi connectivity index (χ2v) is 7.61. The summed E-state index contributed by atoms with van der Waals surface area (Å²) in [4.78, 5) is 31.6. The van der Waals surface area contributed by atoms with Crippen LogP contribution in [0, 0.1) is 12.8 Å². The second kappa shape index (κ2) is 8.43. The highest BCUT2D eigenvalue weighted by Crippen LogP contribution is 2.23. The summed E-state index contributed by atoms with van der Waals surface area (Å²) in [5, 5.41) is 10.5. The van der Waals surface area contributed by atoms with Crippen molar-refractivity contribution in [1.82, 2.24) is 25.4 Å². The van der Waals surface area contributed by atoms with Gasteiger partial charge in [-0.25, -0.2) is 0 Å². The van der Waals surface area contributed by atoms with Gasteiger partial charge in [0.15, 0.2) is 0 Å². The van der Waals surface area contributed by atoms with Gasteiger partial charge >= 0.3 is 0 Å². The number of benzene rings is 1. The van der Waals surface area contributed by atoms with Crippen LogP contribution in [0.2, 0.25) is 0 Å². The highest BCUT2D eigenvalue weighted by molar-refractivity contribution is 6.06. The number of rotatable bonds is 5. The average molecular weight is 391 g/mol. The molecular weight excluding hydrogens is 366 g/mol. The number of fused-ring (bicyclic) bond motifs is 1. The monoisotopic (exact) mass is 391 g/mol. The van der Waals surface area contributed by atoms with Crippen LogP contribution in [-0.2, 0) is 0 Å². The van der Waals surface area contributed by atoms with E-state index in [1.165, 1.54) is 0 Å². The fourth-order valence-corrected chi connectivity index (χ4v) is 3.99. The molecule has 1 unspecified atom stereocenters. The van der Waals surface area contributed by atoms with Gasteiger partial charge < -0.3 is 10.2 Å². The highest BCUT2D eigenvalue weighted by Gasteiger charge is 2.25. The number of hydrogen-bond acceptors (Lipinski definition) is 4. The van der Waals surface area contributed by atoms with Gasteiger partial charge in [-0.15, -0.1) is 0 Å². The molecule has 0 saturated carbocycles. The number of para-hydroxylation sites is 1. The number of likely N-dealkylation sites (tertiary alicyclic amines) is 1. The summed E-state index contributed by atoms with van der Waals surface area (Å²) >= 11 is 0. The summed E-state index contributed by atoms with van der Waals surface area (Å²) in [7, 11) is 0. The van der Waals surface area contributed by atoms with Crippen LogP contribution in [0.1, 0.15) is 45.7 Å². The Morgan fingerprint density at radius 1 is 1.28 bits per heavy atom. The smallest absolute Gasteiger partial charge is 0.269 e. The number of aromatic amines is 1. The van der Waals surface area contributed by atoms with E-state index < -0.39 is 0 Å². The fraction of sp³-hybridized carbons (Fsp3) is 0.364. The van der Waals surface area contributed by atoms with Crippen LogP contribution < -0.4 is 5.32 Å². The molecule has 0 bridgehead atoms.